The number of aryl methyl sites for hydroxylation is 1. The average molecular weight is 304 g/mol. The molecular formula is C14H16N4O2S. The van der Waals surface area contributed by atoms with E-state index in [2.05, 4.69) is 10.4 Å². The van der Waals surface area contributed by atoms with Crippen LogP contribution in [0.25, 0.3) is 0 Å². The van der Waals surface area contributed by atoms with E-state index in [1.54, 1.807) is 22.9 Å². The zero-order valence-electron chi connectivity index (χ0n) is 11.6. The fourth-order valence-electron chi connectivity index (χ4n) is 1.74. The number of nitrogens with one attached hydrogen (secondary N) is 1. The maximum Gasteiger partial charge on any atom is 0.258 e. The fourth-order valence-corrected chi connectivity index (χ4v) is 1.91. The lowest BCUT2D eigenvalue weighted by atomic mass is 10.2. The van der Waals surface area contributed by atoms with Crippen LogP contribution in [0.4, 0.5) is 0 Å². The quantitative estimate of drug-likeness (QED) is 0.770. The Labute approximate surface area is 127 Å². The summed E-state index contributed by atoms with van der Waals surface area (Å²) in [6.07, 6.45) is 1.82. The number of rotatable bonds is 6. The number of amides is 1. The van der Waals surface area contributed by atoms with Crippen LogP contribution in [0.3, 0.4) is 0 Å². The van der Waals surface area contributed by atoms with Gasteiger partial charge in [0.05, 0.1) is 17.8 Å². The van der Waals surface area contributed by atoms with Crippen LogP contribution in [0, 0.1) is 0 Å². The fraction of sp³-hybridized carbons (Fsp3) is 0.214. The van der Waals surface area contributed by atoms with Crippen molar-refractivity contribution in [3.8, 4) is 5.75 Å². The second-order valence-electron chi connectivity index (χ2n) is 4.41. The van der Waals surface area contributed by atoms with Gasteiger partial charge in [-0.25, -0.2) is 0 Å². The van der Waals surface area contributed by atoms with E-state index in [-0.39, 0.29) is 17.5 Å². The van der Waals surface area contributed by atoms with Crippen molar-refractivity contribution in [2.75, 3.05) is 6.61 Å². The average Bonchev–Trinajstić information content (AvgIpc) is 2.88. The van der Waals surface area contributed by atoms with Crippen LogP contribution >= 0.6 is 12.2 Å². The van der Waals surface area contributed by atoms with Gasteiger partial charge in [-0.2, -0.15) is 5.10 Å². The van der Waals surface area contributed by atoms with Crippen molar-refractivity contribution < 1.29 is 9.53 Å². The Morgan fingerprint density at radius 1 is 1.43 bits per heavy atom. The lowest BCUT2D eigenvalue weighted by Gasteiger charge is -2.10. The number of nitrogens with zero attached hydrogens (tertiary/aromatic N) is 2. The molecule has 0 saturated carbocycles. The van der Waals surface area contributed by atoms with Crippen molar-refractivity contribution >= 4 is 23.1 Å². The number of para-hydroxylation sites is 1. The summed E-state index contributed by atoms with van der Waals surface area (Å²) in [4.78, 5) is 12.0. The van der Waals surface area contributed by atoms with E-state index >= 15 is 0 Å². The van der Waals surface area contributed by atoms with E-state index in [1.807, 2.05) is 25.4 Å². The third-order valence-electron chi connectivity index (χ3n) is 2.75. The molecule has 7 heteroatoms. The van der Waals surface area contributed by atoms with Gasteiger partial charge in [0, 0.05) is 13.2 Å². The molecule has 0 aliphatic carbocycles. The highest BCUT2D eigenvalue weighted by Gasteiger charge is 2.08. The minimum absolute atomic E-state index is 0.105. The summed E-state index contributed by atoms with van der Waals surface area (Å²) in [5.41, 5.74) is 7.00. The zero-order valence-corrected chi connectivity index (χ0v) is 12.4. The molecule has 21 heavy (non-hydrogen) atoms. The highest BCUT2D eigenvalue weighted by molar-refractivity contribution is 7.80. The topological polar surface area (TPSA) is 82.2 Å². The van der Waals surface area contributed by atoms with Gasteiger partial charge in [0.25, 0.3) is 5.91 Å². The second kappa shape index (κ2) is 6.85. The largest absolute Gasteiger partial charge is 0.483 e. The summed E-state index contributed by atoms with van der Waals surface area (Å²) in [5.74, 6) is 0.261. The first-order chi connectivity index (χ1) is 10.1. The van der Waals surface area contributed by atoms with Crippen LogP contribution in [-0.4, -0.2) is 27.3 Å². The smallest absolute Gasteiger partial charge is 0.258 e. The third-order valence-corrected chi connectivity index (χ3v) is 2.97. The first-order valence-corrected chi connectivity index (χ1v) is 6.74. The Morgan fingerprint density at radius 2 is 2.19 bits per heavy atom. The molecule has 1 aromatic heterocycles. The summed E-state index contributed by atoms with van der Waals surface area (Å²) in [5, 5.41) is 6.89. The number of hydrogen-bond donors (Lipinski definition) is 2. The number of aromatic nitrogens is 2. The molecule has 0 saturated heterocycles. The van der Waals surface area contributed by atoms with Gasteiger partial charge in [0.2, 0.25) is 0 Å². The summed E-state index contributed by atoms with van der Waals surface area (Å²) in [7, 11) is 1.82. The van der Waals surface area contributed by atoms with Crippen molar-refractivity contribution in [2.45, 2.75) is 6.54 Å². The van der Waals surface area contributed by atoms with Crippen LogP contribution in [0.2, 0.25) is 0 Å². The van der Waals surface area contributed by atoms with Gasteiger partial charge in [-0.3, -0.25) is 9.48 Å². The summed E-state index contributed by atoms with van der Waals surface area (Å²) in [6, 6.07) is 8.92. The Balaban J connectivity index is 1.85. The molecule has 0 aliphatic rings. The van der Waals surface area contributed by atoms with Crippen molar-refractivity contribution in [1.82, 2.24) is 15.1 Å². The van der Waals surface area contributed by atoms with Gasteiger partial charge in [0.15, 0.2) is 6.61 Å². The summed E-state index contributed by atoms with van der Waals surface area (Å²) >= 11 is 4.93. The molecule has 0 aliphatic heterocycles. The van der Waals surface area contributed by atoms with E-state index in [9.17, 15) is 4.79 Å². The normalized spacial score (nSPS) is 10.1. The predicted octanol–water partition coefficient (Wildman–Crippen LogP) is 0.749. The van der Waals surface area contributed by atoms with E-state index in [0.29, 0.717) is 17.9 Å². The lowest BCUT2D eigenvalue weighted by Crippen LogP contribution is -2.29. The number of hydrogen-bond acceptors (Lipinski definition) is 4. The number of ether oxygens (including phenoxy) is 1. The van der Waals surface area contributed by atoms with Crippen LogP contribution in [0.1, 0.15) is 11.3 Å². The van der Waals surface area contributed by atoms with Gasteiger partial charge in [-0.15, -0.1) is 0 Å². The van der Waals surface area contributed by atoms with Crippen molar-refractivity contribution in [3.63, 3.8) is 0 Å². The molecule has 6 nitrogen and oxygen atoms in total. The molecule has 0 radical (unpaired) electrons. The Bertz CT molecular complexity index is 654. The first kappa shape index (κ1) is 15.0. The van der Waals surface area contributed by atoms with Crippen LogP contribution in [0.5, 0.6) is 5.75 Å². The van der Waals surface area contributed by atoms with Crippen LogP contribution in [0.15, 0.2) is 36.5 Å². The number of thiocarbonyl (C=S) groups is 1. The molecule has 0 fully saturated rings. The Morgan fingerprint density at radius 3 is 2.86 bits per heavy atom. The Kier molecular flexibility index (Phi) is 4.89. The lowest BCUT2D eigenvalue weighted by molar-refractivity contribution is -0.123. The molecule has 1 aromatic carbocycles. The van der Waals surface area contributed by atoms with Gasteiger partial charge < -0.3 is 15.8 Å². The molecule has 1 amide bonds. The molecule has 2 aromatic rings. The van der Waals surface area contributed by atoms with Crippen molar-refractivity contribution in [1.29, 1.82) is 0 Å². The molecular weight excluding hydrogens is 288 g/mol. The molecule has 3 N–H and O–H groups in total. The van der Waals surface area contributed by atoms with E-state index < -0.39 is 0 Å². The van der Waals surface area contributed by atoms with E-state index in [0.717, 1.165) is 5.69 Å². The van der Waals surface area contributed by atoms with E-state index in [1.165, 1.54) is 0 Å². The molecule has 0 bridgehead atoms. The number of nitrogens with two attached hydrogens (primary N) is 1. The molecule has 110 valence electrons. The van der Waals surface area contributed by atoms with Crippen LogP contribution < -0.4 is 15.8 Å². The maximum absolute atomic E-state index is 11.7. The first-order valence-electron chi connectivity index (χ1n) is 6.33. The van der Waals surface area contributed by atoms with Gasteiger partial charge in [-0.05, 0) is 18.2 Å². The number of carbonyl (C=O) groups excluding carboxylic acids is 1. The van der Waals surface area contributed by atoms with Gasteiger partial charge in [0.1, 0.15) is 10.7 Å². The standard InChI is InChI=1S/C14H16N4O2S/c1-18-7-6-10(17-18)8-16-13(19)9-20-12-5-3-2-4-11(12)14(15)21/h2-7H,8-9H2,1H3,(H2,15,21)(H,16,19). The highest BCUT2D eigenvalue weighted by Crippen LogP contribution is 2.17. The monoisotopic (exact) mass is 304 g/mol. The zero-order chi connectivity index (χ0) is 15.2. The molecule has 0 unspecified atom stereocenters. The van der Waals surface area contributed by atoms with Crippen molar-refractivity contribution in [2.24, 2.45) is 12.8 Å². The summed E-state index contributed by atoms with van der Waals surface area (Å²) < 4.78 is 7.13. The third kappa shape index (κ3) is 4.28. The number of carbonyl (C=O) groups is 1. The maximum atomic E-state index is 11.7. The minimum Gasteiger partial charge on any atom is -0.483 e. The molecule has 2 rings (SSSR count). The minimum atomic E-state index is -0.238. The van der Waals surface area contributed by atoms with E-state index in [4.69, 9.17) is 22.7 Å². The Hall–Kier alpha value is -2.41. The van der Waals surface area contributed by atoms with Crippen LogP contribution in [-0.2, 0) is 18.4 Å². The SMILES string of the molecule is Cn1ccc(CNC(=O)COc2ccccc2C(N)=S)n1. The molecule has 0 atom stereocenters. The number of benzene rings is 1. The van der Waals surface area contributed by atoms with Gasteiger partial charge >= 0.3 is 0 Å². The molecule has 1 heterocycles. The van der Waals surface area contributed by atoms with Crippen molar-refractivity contribution in [3.05, 3.63) is 47.8 Å². The van der Waals surface area contributed by atoms with Gasteiger partial charge in [-0.1, -0.05) is 24.4 Å². The molecule has 0 spiro atoms. The second-order valence-corrected chi connectivity index (χ2v) is 4.85. The predicted molar refractivity (Wildman–Crippen MR) is 82.9 cm³/mol. The highest BCUT2D eigenvalue weighted by atomic mass is 32.1. The summed E-state index contributed by atoms with van der Waals surface area (Å²) in [6.45, 7) is 0.256.